The maximum atomic E-state index is 12.4. The van der Waals surface area contributed by atoms with Crippen molar-refractivity contribution in [1.29, 1.82) is 0 Å². The van der Waals surface area contributed by atoms with E-state index in [0.717, 1.165) is 18.4 Å². The van der Waals surface area contributed by atoms with Gasteiger partial charge in [0.05, 0.1) is 6.04 Å². The van der Waals surface area contributed by atoms with Crippen molar-refractivity contribution in [3.8, 4) is 0 Å². The normalized spacial score (nSPS) is 23.6. The van der Waals surface area contributed by atoms with Crippen LogP contribution in [0.15, 0.2) is 30.3 Å². The maximum absolute atomic E-state index is 12.4. The zero-order chi connectivity index (χ0) is 14.7. The Kier molecular flexibility index (Phi) is 4.42. The van der Waals surface area contributed by atoms with Gasteiger partial charge in [0, 0.05) is 5.92 Å². The van der Waals surface area contributed by atoms with Crippen LogP contribution >= 0.6 is 0 Å². The van der Waals surface area contributed by atoms with Crippen LogP contribution in [0.1, 0.15) is 45.3 Å². The molecule has 1 heterocycles. The number of carbonyl (C=O) groups excluding carboxylic acids is 2. The van der Waals surface area contributed by atoms with Gasteiger partial charge in [0.1, 0.15) is 6.10 Å². The quantitative estimate of drug-likeness (QED) is 0.844. The van der Waals surface area contributed by atoms with Crippen LogP contribution in [-0.4, -0.2) is 22.9 Å². The predicted octanol–water partition coefficient (Wildman–Crippen LogP) is 3.53. The summed E-state index contributed by atoms with van der Waals surface area (Å²) in [6, 6.07) is 9.28. The van der Waals surface area contributed by atoms with Crippen molar-refractivity contribution in [2.45, 2.75) is 45.8 Å². The number of nitrogens with zero attached hydrogens (tertiary/aromatic N) is 1. The molecule has 1 aliphatic heterocycles. The van der Waals surface area contributed by atoms with E-state index < -0.39 is 6.09 Å². The predicted molar refractivity (Wildman–Crippen MR) is 76.0 cm³/mol. The van der Waals surface area contributed by atoms with E-state index in [1.807, 2.05) is 51.1 Å². The highest BCUT2D eigenvalue weighted by atomic mass is 16.6. The van der Waals surface area contributed by atoms with E-state index in [-0.39, 0.29) is 24.0 Å². The average Bonchev–Trinajstić information content (AvgIpc) is 2.74. The molecule has 1 aromatic carbocycles. The van der Waals surface area contributed by atoms with Crippen molar-refractivity contribution < 1.29 is 14.3 Å². The Morgan fingerprint density at radius 1 is 1.35 bits per heavy atom. The topological polar surface area (TPSA) is 46.6 Å². The summed E-state index contributed by atoms with van der Waals surface area (Å²) in [6.07, 6.45) is 0.804. The molecule has 4 heteroatoms. The summed E-state index contributed by atoms with van der Waals surface area (Å²) < 4.78 is 5.39. The van der Waals surface area contributed by atoms with Crippen LogP contribution in [0.4, 0.5) is 4.79 Å². The highest BCUT2D eigenvalue weighted by molar-refractivity contribution is 5.94. The molecule has 3 unspecified atom stereocenters. The molecule has 2 rings (SSSR count). The van der Waals surface area contributed by atoms with Gasteiger partial charge in [0.2, 0.25) is 5.91 Å². The Balaban J connectivity index is 2.17. The summed E-state index contributed by atoms with van der Waals surface area (Å²) in [5, 5.41) is 0. The molecule has 0 radical (unpaired) electrons. The number of benzene rings is 1. The van der Waals surface area contributed by atoms with Crippen LogP contribution in [0.3, 0.4) is 0 Å². The second kappa shape index (κ2) is 6.07. The Labute approximate surface area is 119 Å². The van der Waals surface area contributed by atoms with Gasteiger partial charge in [-0.3, -0.25) is 4.79 Å². The summed E-state index contributed by atoms with van der Waals surface area (Å²) in [4.78, 5) is 25.6. The first-order valence-electron chi connectivity index (χ1n) is 7.14. The fraction of sp³-hybridized carbons (Fsp3) is 0.500. The van der Waals surface area contributed by atoms with E-state index in [2.05, 4.69) is 0 Å². The minimum absolute atomic E-state index is 0.136. The molecule has 0 aromatic heterocycles. The summed E-state index contributed by atoms with van der Waals surface area (Å²) in [6.45, 7) is 5.75. The van der Waals surface area contributed by atoms with Crippen LogP contribution in [0.5, 0.6) is 0 Å². The Hall–Kier alpha value is -1.84. The molecular weight excluding hydrogens is 254 g/mol. The number of ether oxygens (including phenoxy) is 1. The van der Waals surface area contributed by atoms with Gasteiger partial charge >= 0.3 is 6.09 Å². The fourth-order valence-corrected chi connectivity index (χ4v) is 2.64. The lowest BCUT2D eigenvalue weighted by Crippen LogP contribution is -2.40. The third-order valence-corrected chi connectivity index (χ3v) is 3.78. The van der Waals surface area contributed by atoms with E-state index in [4.69, 9.17) is 4.74 Å². The first-order valence-corrected chi connectivity index (χ1v) is 7.14. The van der Waals surface area contributed by atoms with Gasteiger partial charge < -0.3 is 4.74 Å². The number of rotatable bonds is 4. The van der Waals surface area contributed by atoms with Gasteiger partial charge in [-0.25, -0.2) is 9.69 Å². The second-order valence-corrected chi connectivity index (χ2v) is 5.35. The lowest BCUT2D eigenvalue weighted by atomic mass is 10.0. The van der Waals surface area contributed by atoms with Crippen molar-refractivity contribution >= 4 is 12.0 Å². The van der Waals surface area contributed by atoms with Crippen LogP contribution in [-0.2, 0) is 9.53 Å². The first-order chi connectivity index (χ1) is 9.56. The van der Waals surface area contributed by atoms with Gasteiger partial charge in [0.15, 0.2) is 0 Å². The van der Waals surface area contributed by atoms with E-state index in [0.29, 0.717) is 0 Å². The molecular formula is C16H21NO3. The third-order valence-electron chi connectivity index (χ3n) is 3.78. The first kappa shape index (κ1) is 14.6. The molecule has 1 saturated heterocycles. The SMILES string of the molecule is CCCC(C)C(=O)N1C(=O)OC(c2ccccc2)C1C. The molecule has 0 saturated carbocycles. The fourth-order valence-electron chi connectivity index (χ4n) is 2.64. The van der Waals surface area contributed by atoms with Crippen molar-refractivity contribution in [1.82, 2.24) is 4.90 Å². The summed E-state index contributed by atoms with van der Waals surface area (Å²) >= 11 is 0. The molecule has 0 aliphatic carbocycles. The smallest absolute Gasteiger partial charge is 0.417 e. The van der Waals surface area contributed by atoms with Gasteiger partial charge in [-0.15, -0.1) is 0 Å². The van der Waals surface area contributed by atoms with Crippen molar-refractivity contribution in [2.75, 3.05) is 0 Å². The number of carbonyl (C=O) groups is 2. The summed E-state index contributed by atoms with van der Waals surface area (Å²) in [5.41, 5.74) is 0.923. The molecule has 4 nitrogen and oxygen atoms in total. The minimum atomic E-state index is -0.528. The lowest BCUT2D eigenvalue weighted by molar-refractivity contribution is -0.133. The van der Waals surface area contributed by atoms with E-state index >= 15 is 0 Å². The van der Waals surface area contributed by atoms with Crippen LogP contribution < -0.4 is 0 Å². The van der Waals surface area contributed by atoms with Crippen molar-refractivity contribution in [3.05, 3.63) is 35.9 Å². The molecule has 3 atom stereocenters. The maximum Gasteiger partial charge on any atom is 0.417 e. The standard InChI is InChI=1S/C16H21NO3/c1-4-8-11(2)15(18)17-12(3)14(20-16(17)19)13-9-6-5-7-10-13/h5-7,9-12,14H,4,8H2,1-3H3. The molecule has 1 fully saturated rings. The zero-order valence-electron chi connectivity index (χ0n) is 12.2. The van der Waals surface area contributed by atoms with E-state index in [9.17, 15) is 9.59 Å². The molecule has 20 heavy (non-hydrogen) atoms. The highest BCUT2D eigenvalue weighted by Crippen LogP contribution is 2.33. The van der Waals surface area contributed by atoms with Gasteiger partial charge in [-0.05, 0) is 18.9 Å². The number of hydrogen-bond acceptors (Lipinski definition) is 3. The lowest BCUT2D eigenvalue weighted by Gasteiger charge is -2.22. The Morgan fingerprint density at radius 2 is 2.00 bits per heavy atom. The average molecular weight is 275 g/mol. The second-order valence-electron chi connectivity index (χ2n) is 5.35. The minimum Gasteiger partial charge on any atom is -0.439 e. The Morgan fingerprint density at radius 3 is 2.60 bits per heavy atom. The van der Waals surface area contributed by atoms with Gasteiger partial charge in [-0.1, -0.05) is 50.6 Å². The number of hydrogen-bond donors (Lipinski definition) is 0. The van der Waals surface area contributed by atoms with Crippen LogP contribution in [0, 0.1) is 5.92 Å². The molecule has 1 aromatic rings. The molecule has 0 bridgehead atoms. The number of imide groups is 1. The highest BCUT2D eigenvalue weighted by Gasteiger charge is 2.44. The summed E-state index contributed by atoms with van der Waals surface area (Å²) in [7, 11) is 0. The van der Waals surface area contributed by atoms with Gasteiger partial charge in [0.25, 0.3) is 0 Å². The summed E-state index contributed by atoms with van der Waals surface area (Å²) in [5.74, 6) is -0.285. The monoisotopic (exact) mass is 275 g/mol. The molecule has 0 spiro atoms. The van der Waals surface area contributed by atoms with E-state index in [1.165, 1.54) is 4.90 Å². The van der Waals surface area contributed by atoms with Crippen molar-refractivity contribution in [3.63, 3.8) is 0 Å². The van der Waals surface area contributed by atoms with Gasteiger partial charge in [-0.2, -0.15) is 0 Å². The molecule has 108 valence electrons. The van der Waals surface area contributed by atoms with Crippen LogP contribution in [0.2, 0.25) is 0 Å². The Bertz CT molecular complexity index is 486. The largest absolute Gasteiger partial charge is 0.439 e. The van der Waals surface area contributed by atoms with Crippen molar-refractivity contribution in [2.24, 2.45) is 5.92 Å². The number of amides is 2. The third kappa shape index (κ3) is 2.69. The van der Waals surface area contributed by atoms with E-state index in [1.54, 1.807) is 0 Å². The molecule has 1 aliphatic rings. The number of cyclic esters (lactones) is 1. The molecule has 0 N–H and O–H groups in total. The van der Waals surface area contributed by atoms with Crippen LogP contribution in [0.25, 0.3) is 0 Å². The zero-order valence-corrected chi connectivity index (χ0v) is 12.2. The molecule has 2 amide bonds.